The van der Waals surface area contributed by atoms with Gasteiger partial charge in [0, 0.05) is 18.6 Å². The van der Waals surface area contributed by atoms with E-state index in [1.54, 1.807) is 0 Å². The van der Waals surface area contributed by atoms with Gasteiger partial charge in [-0.25, -0.2) is 0 Å². The molecule has 2 nitrogen and oxygen atoms in total. The third-order valence-electron chi connectivity index (χ3n) is 4.66. The van der Waals surface area contributed by atoms with E-state index in [-0.39, 0.29) is 0 Å². The van der Waals surface area contributed by atoms with Crippen LogP contribution in [0.15, 0.2) is 30.3 Å². The van der Waals surface area contributed by atoms with Crippen LogP contribution in [0.4, 0.5) is 0 Å². The first kappa shape index (κ1) is 15.5. The Morgan fingerprint density at radius 3 is 2.50 bits per heavy atom. The van der Waals surface area contributed by atoms with Crippen LogP contribution in [0.25, 0.3) is 0 Å². The van der Waals surface area contributed by atoms with E-state index in [0.717, 1.165) is 6.54 Å². The lowest BCUT2D eigenvalue weighted by Gasteiger charge is -2.42. The number of benzene rings is 1. The molecule has 1 aliphatic carbocycles. The molecule has 0 aliphatic heterocycles. The maximum atomic E-state index is 3.95. The second kappa shape index (κ2) is 6.73. The van der Waals surface area contributed by atoms with Gasteiger partial charge in [0.05, 0.1) is 0 Å². The van der Waals surface area contributed by atoms with Crippen molar-refractivity contribution in [1.82, 2.24) is 10.2 Å². The van der Waals surface area contributed by atoms with E-state index in [0.29, 0.717) is 17.5 Å². The van der Waals surface area contributed by atoms with E-state index in [9.17, 15) is 0 Å². The fourth-order valence-corrected chi connectivity index (χ4v) is 3.35. The van der Waals surface area contributed by atoms with Crippen molar-refractivity contribution in [3.63, 3.8) is 0 Å². The van der Waals surface area contributed by atoms with Crippen LogP contribution in [0, 0.1) is 5.41 Å². The smallest absolute Gasteiger partial charge is 0.0451 e. The van der Waals surface area contributed by atoms with Crippen molar-refractivity contribution < 1.29 is 0 Å². The van der Waals surface area contributed by atoms with Crippen molar-refractivity contribution in [2.45, 2.75) is 51.6 Å². The summed E-state index contributed by atoms with van der Waals surface area (Å²) in [5, 5.41) is 3.95. The monoisotopic (exact) mass is 274 g/mol. The normalized spacial score (nSPS) is 23.8. The lowest BCUT2D eigenvalue weighted by atomic mass is 9.73. The van der Waals surface area contributed by atoms with E-state index < -0.39 is 0 Å². The lowest BCUT2D eigenvalue weighted by Crippen LogP contribution is -2.47. The molecule has 2 rings (SSSR count). The highest BCUT2D eigenvalue weighted by molar-refractivity contribution is 5.19. The summed E-state index contributed by atoms with van der Waals surface area (Å²) in [5.74, 6) is 0. The van der Waals surface area contributed by atoms with Gasteiger partial charge in [0.1, 0.15) is 0 Å². The van der Waals surface area contributed by atoms with Crippen LogP contribution in [0.3, 0.4) is 0 Å². The first-order chi connectivity index (χ1) is 9.49. The Hall–Kier alpha value is -0.860. The maximum absolute atomic E-state index is 3.95. The highest BCUT2D eigenvalue weighted by Crippen LogP contribution is 2.36. The number of likely N-dealkylation sites (N-methyl/N-ethyl adjacent to an activating group) is 1. The van der Waals surface area contributed by atoms with Crippen molar-refractivity contribution in [3.8, 4) is 0 Å². The summed E-state index contributed by atoms with van der Waals surface area (Å²) >= 11 is 0. The van der Waals surface area contributed by atoms with E-state index in [4.69, 9.17) is 0 Å². The van der Waals surface area contributed by atoms with Crippen LogP contribution in [0.1, 0.15) is 51.1 Å². The van der Waals surface area contributed by atoms with Crippen molar-refractivity contribution in [2.75, 3.05) is 20.6 Å². The molecule has 1 N–H and O–H groups in total. The molecule has 0 amide bonds. The van der Waals surface area contributed by atoms with Crippen LogP contribution in [0.5, 0.6) is 0 Å². The predicted molar refractivity (Wildman–Crippen MR) is 86.9 cm³/mol. The Labute approximate surface area is 124 Å². The van der Waals surface area contributed by atoms with Crippen LogP contribution in [-0.4, -0.2) is 31.6 Å². The summed E-state index contributed by atoms with van der Waals surface area (Å²) in [6.45, 7) is 5.89. The lowest BCUT2D eigenvalue weighted by molar-refractivity contribution is 0.148. The topological polar surface area (TPSA) is 15.3 Å². The number of rotatable bonds is 5. The molecule has 20 heavy (non-hydrogen) atoms. The molecule has 112 valence electrons. The molecule has 1 saturated carbocycles. The molecule has 2 unspecified atom stereocenters. The van der Waals surface area contributed by atoms with E-state index in [2.05, 4.69) is 68.5 Å². The Morgan fingerprint density at radius 2 is 1.90 bits per heavy atom. The molecule has 1 aliphatic rings. The van der Waals surface area contributed by atoms with Crippen molar-refractivity contribution in [1.29, 1.82) is 0 Å². The highest BCUT2D eigenvalue weighted by Gasteiger charge is 2.33. The Balaban J connectivity index is 2.11. The molecule has 0 bridgehead atoms. The largest absolute Gasteiger partial charge is 0.308 e. The fourth-order valence-electron chi connectivity index (χ4n) is 3.35. The molecular weight excluding hydrogens is 244 g/mol. The SMILES string of the molecule is CN(C)CC(NC1CCCCC1(C)C)c1ccccc1. The molecule has 0 heterocycles. The summed E-state index contributed by atoms with van der Waals surface area (Å²) in [6.07, 6.45) is 5.40. The zero-order valence-electron chi connectivity index (χ0n) is 13.5. The quantitative estimate of drug-likeness (QED) is 0.877. The van der Waals surface area contributed by atoms with Crippen LogP contribution in [-0.2, 0) is 0 Å². The minimum Gasteiger partial charge on any atom is -0.308 e. The summed E-state index contributed by atoms with van der Waals surface area (Å²) < 4.78 is 0. The molecule has 1 fully saturated rings. The van der Waals surface area contributed by atoms with E-state index in [1.165, 1.54) is 31.2 Å². The Morgan fingerprint density at radius 1 is 1.20 bits per heavy atom. The van der Waals surface area contributed by atoms with Gasteiger partial charge < -0.3 is 10.2 Å². The molecule has 1 aromatic rings. The summed E-state index contributed by atoms with van der Waals surface area (Å²) in [7, 11) is 4.31. The first-order valence-corrected chi connectivity index (χ1v) is 7.95. The third-order valence-corrected chi connectivity index (χ3v) is 4.66. The molecule has 0 saturated heterocycles. The summed E-state index contributed by atoms with van der Waals surface area (Å²) in [4.78, 5) is 2.28. The van der Waals surface area contributed by atoms with Gasteiger partial charge in [0.15, 0.2) is 0 Å². The van der Waals surface area contributed by atoms with Crippen molar-refractivity contribution >= 4 is 0 Å². The van der Waals surface area contributed by atoms with Crippen LogP contribution < -0.4 is 5.32 Å². The number of nitrogens with zero attached hydrogens (tertiary/aromatic N) is 1. The van der Waals surface area contributed by atoms with Gasteiger partial charge in [0.25, 0.3) is 0 Å². The molecule has 0 aromatic heterocycles. The second-order valence-corrected chi connectivity index (χ2v) is 7.18. The average molecular weight is 274 g/mol. The Kier molecular flexibility index (Phi) is 5.22. The predicted octanol–water partition coefficient (Wildman–Crippen LogP) is 3.85. The minimum atomic E-state index is 0.414. The van der Waals surface area contributed by atoms with Gasteiger partial charge in [-0.2, -0.15) is 0 Å². The summed E-state index contributed by atoms with van der Waals surface area (Å²) in [6, 6.07) is 11.9. The van der Waals surface area contributed by atoms with E-state index >= 15 is 0 Å². The van der Waals surface area contributed by atoms with Crippen molar-refractivity contribution in [2.24, 2.45) is 5.41 Å². The van der Waals surface area contributed by atoms with Gasteiger partial charge in [-0.05, 0) is 37.9 Å². The van der Waals surface area contributed by atoms with Crippen LogP contribution >= 0.6 is 0 Å². The molecule has 2 atom stereocenters. The summed E-state index contributed by atoms with van der Waals surface area (Å²) in [5.41, 5.74) is 1.82. The van der Waals surface area contributed by atoms with Gasteiger partial charge >= 0.3 is 0 Å². The standard InChI is InChI=1S/C18H30N2/c1-18(2)13-9-8-12-17(18)19-16(14-20(3)4)15-10-6-5-7-11-15/h5-7,10-11,16-17,19H,8-9,12-14H2,1-4H3. The van der Waals surface area contributed by atoms with Gasteiger partial charge in [-0.15, -0.1) is 0 Å². The third kappa shape index (κ3) is 4.07. The highest BCUT2D eigenvalue weighted by atomic mass is 15.1. The molecule has 2 heteroatoms. The van der Waals surface area contributed by atoms with Gasteiger partial charge in [-0.3, -0.25) is 0 Å². The second-order valence-electron chi connectivity index (χ2n) is 7.18. The number of hydrogen-bond acceptors (Lipinski definition) is 2. The number of nitrogens with one attached hydrogen (secondary N) is 1. The average Bonchev–Trinajstić information content (AvgIpc) is 2.40. The van der Waals surface area contributed by atoms with Gasteiger partial charge in [0.2, 0.25) is 0 Å². The van der Waals surface area contributed by atoms with Crippen LogP contribution in [0.2, 0.25) is 0 Å². The Bertz CT molecular complexity index is 397. The zero-order chi connectivity index (χ0) is 14.6. The van der Waals surface area contributed by atoms with E-state index in [1.807, 2.05) is 0 Å². The minimum absolute atomic E-state index is 0.414. The first-order valence-electron chi connectivity index (χ1n) is 7.95. The molecule has 0 spiro atoms. The van der Waals surface area contributed by atoms with Gasteiger partial charge in [-0.1, -0.05) is 57.0 Å². The zero-order valence-corrected chi connectivity index (χ0v) is 13.5. The number of hydrogen-bond donors (Lipinski definition) is 1. The molecular formula is C18H30N2. The fraction of sp³-hybridized carbons (Fsp3) is 0.667. The molecule has 0 radical (unpaired) electrons. The molecule has 1 aromatic carbocycles. The maximum Gasteiger partial charge on any atom is 0.0451 e. The van der Waals surface area contributed by atoms with Crippen molar-refractivity contribution in [3.05, 3.63) is 35.9 Å².